The Kier molecular flexibility index (Phi) is 3.95. The SMILES string of the molecule is CCc1cccc2c(/C=N/n3cnc4scc(-c5ccco5)c4c3=O)c[nH]c12. The average Bonchev–Trinajstić information content (AvgIpc) is 3.46. The normalized spacial score (nSPS) is 11.9. The molecule has 1 N–H and O–H groups in total. The summed E-state index contributed by atoms with van der Waals surface area (Å²) in [6.45, 7) is 2.13. The first kappa shape index (κ1) is 16.7. The molecule has 0 atom stereocenters. The Labute approximate surface area is 163 Å². The van der Waals surface area contributed by atoms with E-state index in [2.05, 4.69) is 28.1 Å². The fourth-order valence-corrected chi connectivity index (χ4v) is 4.27. The average molecular weight is 388 g/mol. The van der Waals surface area contributed by atoms with Crippen molar-refractivity contribution >= 4 is 38.7 Å². The standard InChI is InChI=1S/C21H16N4O2S/c1-2-13-5-3-6-15-14(9-22-19(13)15)10-24-25-12-23-20-18(21(25)26)16(11-28-20)17-7-4-8-27-17/h3-12,22H,2H2,1H3/b24-10+. The molecule has 4 aromatic heterocycles. The van der Waals surface area contributed by atoms with E-state index >= 15 is 0 Å². The van der Waals surface area contributed by atoms with Crippen molar-refractivity contribution in [2.75, 3.05) is 0 Å². The Hall–Kier alpha value is -3.45. The molecule has 0 aliphatic rings. The first-order valence-electron chi connectivity index (χ1n) is 8.92. The van der Waals surface area contributed by atoms with Crippen LogP contribution in [0, 0.1) is 0 Å². The molecule has 5 aromatic rings. The van der Waals surface area contributed by atoms with Crippen LogP contribution in [-0.2, 0) is 6.42 Å². The number of nitrogens with zero attached hydrogens (tertiary/aromatic N) is 3. The molecule has 0 radical (unpaired) electrons. The Morgan fingerprint density at radius 3 is 3.07 bits per heavy atom. The molecular weight excluding hydrogens is 372 g/mol. The zero-order valence-corrected chi connectivity index (χ0v) is 15.9. The van der Waals surface area contributed by atoms with Crippen molar-refractivity contribution in [3.8, 4) is 11.3 Å². The second-order valence-electron chi connectivity index (χ2n) is 6.38. The molecule has 0 spiro atoms. The maximum Gasteiger partial charge on any atom is 0.283 e. The molecule has 0 unspecified atom stereocenters. The van der Waals surface area contributed by atoms with Gasteiger partial charge in [-0.3, -0.25) is 4.79 Å². The van der Waals surface area contributed by atoms with Crippen LogP contribution < -0.4 is 5.56 Å². The topological polar surface area (TPSA) is 76.2 Å². The highest BCUT2D eigenvalue weighted by atomic mass is 32.1. The molecule has 4 heterocycles. The highest BCUT2D eigenvalue weighted by molar-refractivity contribution is 7.17. The van der Waals surface area contributed by atoms with Crippen LogP contribution in [0.2, 0.25) is 0 Å². The van der Waals surface area contributed by atoms with Gasteiger partial charge in [-0.2, -0.15) is 9.78 Å². The van der Waals surface area contributed by atoms with Crippen LogP contribution in [0.1, 0.15) is 18.1 Å². The Morgan fingerprint density at radius 1 is 1.32 bits per heavy atom. The number of aromatic amines is 1. The van der Waals surface area contributed by atoms with Crippen molar-refractivity contribution in [1.82, 2.24) is 14.6 Å². The lowest BCUT2D eigenvalue weighted by molar-refractivity contribution is 0.583. The summed E-state index contributed by atoms with van der Waals surface area (Å²) in [6, 6.07) is 9.82. The fraction of sp³-hybridized carbons (Fsp3) is 0.0952. The molecule has 138 valence electrons. The molecule has 0 amide bonds. The monoisotopic (exact) mass is 388 g/mol. The Morgan fingerprint density at radius 2 is 2.25 bits per heavy atom. The molecule has 5 rings (SSSR count). The molecule has 0 bridgehead atoms. The third-order valence-electron chi connectivity index (χ3n) is 4.80. The lowest BCUT2D eigenvalue weighted by atomic mass is 10.1. The fourth-order valence-electron chi connectivity index (χ4n) is 3.38. The maximum atomic E-state index is 13.0. The second-order valence-corrected chi connectivity index (χ2v) is 7.24. The van der Waals surface area contributed by atoms with E-state index < -0.39 is 0 Å². The Balaban J connectivity index is 1.60. The molecule has 28 heavy (non-hydrogen) atoms. The van der Waals surface area contributed by atoms with Crippen molar-refractivity contribution < 1.29 is 4.42 Å². The number of H-pyrrole nitrogens is 1. The third kappa shape index (κ3) is 2.59. The van der Waals surface area contributed by atoms with Gasteiger partial charge in [0.15, 0.2) is 0 Å². The second kappa shape index (κ2) is 6.61. The van der Waals surface area contributed by atoms with Crippen molar-refractivity contribution in [3.05, 3.63) is 76.0 Å². The number of hydrogen-bond donors (Lipinski definition) is 1. The van der Waals surface area contributed by atoms with Crippen molar-refractivity contribution in [2.24, 2.45) is 5.10 Å². The van der Waals surface area contributed by atoms with Crippen LogP contribution >= 0.6 is 11.3 Å². The van der Waals surface area contributed by atoms with E-state index in [0.29, 0.717) is 16.0 Å². The number of nitrogens with one attached hydrogen (secondary N) is 1. The number of para-hydroxylation sites is 1. The van der Waals surface area contributed by atoms with Crippen molar-refractivity contribution in [3.63, 3.8) is 0 Å². The van der Waals surface area contributed by atoms with Crippen LogP contribution in [0.25, 0.3) is 32.4 Å². The number of hydrogen-bond acceptors (Lipinski definition) is 5. The summed E-state index contributed by atoms with van der Waals surface area (Å²) in [4.78, 5) is 21.4. The molecule has 0 fully saturated rings. The van der Waals surface area contributed by atoms with Crippen molar-refractivity contribution in [1.29, 1.82) is 0 Å². The smallest absolute Gasteiger partial charge is 0.283 e. The number of furan rings is 1. The summed E-state index contributed by atoms with van der Waals surface area (Å²) >= 11 is 1.42. The number of thiophene rings is 1. The maximum absolute atomic E-state index is 13.0. The van der Waals surface area contributed by atoms with Gasteiger partial charge in [-0.25, -0.2) is 4.98 Å². The minimum atomic E-state index is -0.219. The summed E-state index contributed by atoms with van der Waals surface area (Å²) in [5, 5.41) is 7.86. The molecule has 0 aliphatic heterocycles. The molecule has 0 aliphatic carbocycles. The van der Waals surface area contributed by atoms with Gasteiger partial charge in [0.1, 0.15) is 16.9 Å². The van der Waals surface area contributed by atoms with Crippen molar-refractivity contribution in [2.45, 2.75) is 13.3 Å². The zero-order valence-electron chi connectivity index (χ0n) is 15.0. The van der Waals surface area contributed by atoms with E-state index in [9.17, 15) is 4.79 Å². The zero-order chi connectivity index (χ0) is 19.1. The summed E-state index contributed by atoms with van der Waals surface area (Å²) in [7, 11) is 0. The van der Waals surface area contributed by atoms with Gasteiger partial charge < -0.3 is 9.40 Å². The van der Waals surface area contributed by atoms with Gasteiger partial charge in [0.05, 0.1) is 17.9 Å². The summed E-state index contributed by atoms with van der Waals surface area (Å²) in [6.07, 6.45) is 7.58. The molecule has 7 heteroatoms. The van der Waals surface area contributed by atoms with Crippen LogP contribution in [0.4, 0.5) is 0 Å². The predicted molar refractivity (Wildman–Crippen MR) is 112 cm³/mol. The first-order chi connectivity index (χ1) is 13.8. The van der Waals surface area contributed by atoms with E-state index in [-0.39, 0.29) is 5.56 Å². The molecule has 0 saturated carbocycles. The molecule has 1 aromatic carbocycles. The Bertz CT molecular complexity index is 1370. The van der Waals surface area contributed by atoms with Crippen LogP contribution in [0.15, 0.2) is 68.8 Å². The van der Waals surface area contributed by atoms with Gasteiger partial charge in [-0.05, 0) is 24.1 Å². The highest BCUT2D eigenvalue weighted by Gasteiger charge is 2.14. The van der Waals surface area contributed by atoms with Gasteiger partial charge in [-0.1, -0.05) is 25.1 Å². The minimum Gasteiger partial charge on any atom is -0.464 e. The number of aryl methyl sites for hydroxylation is 1. The van der Waals surface area contributed by atoms with Gasteiger partial charge in [0, 0.05) is 33.6 Å². The van der Waals surface area contributed by atoms with E-state index in [0.717, 1.165) is 28.5 Å². The summed E-state index contributed by atoms with van der Waals surface area (Å²) < 4.78 is 6.73. The van der Waals surface area contributed by atoms with E-state index in [1.165, 1.54) is 27.9 Å². The minimum absolute atomic E-state index is 0.219. The number of benzene rings is 1. The van der Waals surface area contributed by atoms with E-state index in [1.54, 1.807) is 18.5 Å². The van der Waals surface area contributed by atoms with Gasteiger partial charge >= 0.3 is 0 Å². The van der Waals surface area contributed by atoms with Gasteiger partial charge in [-0.15, -0.1) is 11.3 Å². The molecular formula is C21H16N4O2S. The van der Waals surface area contributed by atoms with E-state index in [1.807, 2.05) is 29.8 Å². The van der Waals surface area contributed by atoms with Gasteiger partial charge in [0.25, 0.3) is 5.56 Å². The van der Waals surface area contributed by atoms with Crippen LogP contribution in [-0.4, -0.2) is 20.9 Å². The third-order valence-corrected chi connectivity index (χ3v) is 5.69. The molecule has 0 saturated heterocycles. The van der Waals surface area contributed by atoms with Gasteiger partial charge in [0.2, 0.25) is 0 Å². The van der Waals surface area contributed by atoms with Crippen LogP contribution in [0.3, 0.4) is 0 Å². The molecule has 6 nitrogen and oxygen atoms in total. The largest absolute Gasteiger partial charge is 0.464 e. The highest BCUT2D eigenvalue weighted by Crippen LogP contribution is 2.30. The summed E-state index contributed by atoms with van der Waals surface area (Å²) in [5.74, 6) is 0.649. The van der Waals surface area contributed by atoms with Crippen LogP contribution in [0.5, 0.6) is 0 Å². The lowest BCUT2D eigenvalue weighted by Crippen LogP contribution is -2.16. The number of fused-ring (bicyclic) bond motifs is 2. The summed E-state index contributed by atoms with van der Waals surface area (Å²) in [5.41, 5.74) is 3.80. The quantitative estimate of drug-likeness (QED) is 0.456. The van der Waals surface area contributed by atoms with E-state index in [4.69, 9.17) is 4.42 Å². The predicted octanol–water partition coefficient (Wildman–Crippen LogP) is 4.64. The number of aromatic nitrogens is 3. The lowest BCUT2D eigenvalue weighted by Gasteiger charge is -2.00. The number of rotatable bonds is 4. The first-order valence-corrected chi connectivity index (χ1v) is 9.80.